The number of rotatable bonds is 7. The predicted molar refractivity (Wildman–Crippen MR) is 117 cm³/mol. The van der Waals surface area contributed by atoms with Crippen LogP contribution in [0.4, 0.5) is 0 Å². The van der Waals surface area contributed by atoms with E-state index in [0.717, 1.165) is 24.4 Å². The number of aliphatic hydroxyl groups is 1. The maximum absolute atomic E-state index is 8.50. The first kappa shape index (κ1) is 24.7. The second-order valence-corrected chi connectivity index (χ2v) is 6.34. The van der Waals surface area contributed by atoms with Crippen LogP contribution in [0.3, 0.4) is 0 Å². The van der Waals surface area contributed by atoms with Crippen molar-refractivity contribution >= 4 is 11.6 Å². The zero-order valence-corrected chi connectivity index (χ0v) is 17.5. The fourth-order valence-corrected chi connectivity index (χ4v) is 2.80. The fourth-order valence-electron chi connectivity index (χ4n) is 2.68. The highest BCUT2D eigenvalue weighted by molar-refractivity contribution is 6.30. The van der Waals surface area contributed by atoms with Crippen LogP contribution in [0, 0.1) is 0 Å². The van der Waals surface area contributed by atoms with Crippen molar-refractivity contribution in [2.75, 3.05) is 26.2 Å². The highest BCUT2D eigenvalue weighted by Crippen LogP contribution is 2.14. The van der Waals surface area contributed by atoms with Gasteiger partial charge >= 0.3 is 0 Å². The number of halogens is 1. The van der Waals surface area contributed by atoms with Gasteiger partial charge in [-0.25, -0.2) is 0 Å². The largest absolute Gasteiger partial charge is 0.396 e. The lowest BCUT2D eigenvalue weighted by molar-refractivity contribution is 0.248. The molecule has 1 N–H and O–H groups in total. The summed E-state index contributed by atoms with van der Waals surface area (Å²) in [5, 5.41) is 9.28. The van der Waals surface area contributed by atoms with Crippen molar-refractivity contribution in [3.05, 3.63) is 71.3 Å². The molecule has 26 heavy (non-hydrogen) atoms. The molecule has 1 saturated heterocycles. The van der Waals surface area contributed by atoms with Gasteiger partial charge in [-0.2, -0.15) is 0 Å². The molecule has 0 saturated carbocycles. The van der Waals surface area contributed by atoms with E-state index >= 15 is 0 Å². The molecule has 1 aromatic rings. The summed E-state index contributed by atoms with van der Waals surface area (Å²) in [5.41, 5.74) is 2.50. The van der Waals surface area contributed by atoms with E-state index < -0.39 is 0 Å². The number of likely N-dealkylation sites (tertiary alicyclic amines) is 1. The van der Waals surface area contributed by atoms with Crippen molar-refractivity contribution in [3.63, 3.8) is 0 Å². The summed E-state index contributed by atoms with van der Waals surface area (Å²) in [5.74, 6) is 0. The lowest BCUT2D eigenvalue weighted by Crippen LogP contribution is -2.20. The van der Waals surface area contributed by atoms with Crippen LogP contribution < -0.4 is 0 Å². The van der Waals surface area contributed by atoms with Crippen LogP contribution in [0.5, 0.6) is 0 Å². The number of hydrogen-bond acceptors (Lipinski definition) is 2. The monoisotopic (exact) mass is 377 g/mol. The number of aliphatic hydroxyl groups excluding tert-OH is 1. The summed E-state index contributed by atoms with van der Waals surface area (Å²) in [6.45, 7) is 13.7. The zero-order chi connectivity index (χ0) is 19.6. The molecule has 2 nitrogen and oxygen atoms in total. The van der Waals surface area contributed by atoms with Gasteiger partial charge in [0.15, 0.2) is 0 Å². The molecule has 0 radical (unpaired) electrons. The van der Waals surface area contributed by atoms with Crippen molar-refractivity contribution in [2.45, 2.75) is 46.5 Å². The average molecular weight is 378 g/mol. The first-order valence-electron chi connectivity index (χ1n) is 9.71. The first-order valence-corrected chi connectivity index (χ1v) is 10.1. The number of allylic oxidation sites excluding steroid dienone is 5. The SMILES string of the molecule is C=C/C=C(\C=C/C)Cc1ccc(Cl)cc1.CC.OCCCN1CCCC1. The van der Waals surface area contributed by atoms with Gasteiger partial charge in [-0.1, -0.05) is 68.5 Å². The number of benzene rings is 1. The molecule has 2 rings (SSSR count). The van der Waals surface area contributed by atoms with Gasteiger partial charge in [0.1, 0.15) is 0 Å². The fraction of sp³-hybridized carbons (Fsp3) is 0.478. The summed E-state index contributed by atoms with van der Waals surface area (Å²) in [4.78, 5) is 2.41. The first-order chi connectivity index (χ1) is 12.7. The molecular formula is C23H36ClNO. The molecule has 0 aromatic heterocycles. The summed E-state index contributed by atoms with van der Waals surface area (Å²) < 4.78 is 0. The van der Waals surface area contributed by atoms with E-state index in [2.05, 4.69) is 17.6 Å². The molecule has 0 unspecified atom stereocenters. The van der Waals surface area contributed by atoms with Crippen LogP contribution in [0.2, 0.25) is 5.02 Å². The molecule has 1 heterocycles. The van der Waals surface area contributed by atoms with E-state index in [1.165, 1.54) is 37.1 Å². The third-order valence-corrected chi connectivity index (χ3v) is 4.12. The van der Waals surface area contributed by atoms with Crippen molar-refractivity contribution < 1.29 is 5.11 Å². The van der Waals surface area contributed by atoms with Crippen LogP contribution in [0.25, 0.3) is 0 Å². The Labute approximate surface area is 165 Å². The van der Waals surface area contributed by atoms with E-state index in [9.17, 15) is 0 Å². The van der Waals surface area contributed by atoms with Gasteiger partial charge in [-0.15, -0.1) is 0 Å². The second kappa shape index (κ2) is 17.1. The van der Waals surface area contributed by atoms with Gasteiger partial charge in [-0.3, -0.25) is 0 Å². The quantitative estimate of drug-likeness (QED) is 0.583. The lowest BCUT2D eigenvalue weighted by atomic mass is 10.0. The van der Waals surface area contributed by atoms with Gasteiger partial charge in [-0.05, 0) is 69.0 Å². The van der Waals surface area contributed by atoms with E-state index in [-0.39, 0.29) is 0 Å². The standard InChI is InChI=1S/C14H15Cl.C7H15NO.C2H6/c1-3-5-12(6-4-2)11-13-7-9-14(15)10-8-13;9-7-3-6-8-4-1-2-5-8;1-2/h3-10H,1,11H2,2H3;9H,1-7H2;1-2H3/b6-4-,12-5+;;. The highest BCUT2D eigenvalue weighted by Gasteiger charge is 2.09. The Morgan fingerprint density at radius 3 is 2.31 bits per heavy atom. The molecule has 0 spiro atoms. The van der Waals surface area contributed by atoms with Gasteiger partial charge in [0.25, 0.3) is 0 Å². The van der Waals surface area contributed by atoms with Gasteiger partial charge in [0, 0.05) is 18.2 Å². The van der Waals surface area contributed by atoms with Gasteiger partial charge in [0.2, 0.25) is 0 Å². The lowest BCUT2D eigenvalue weighted by Gasteiger charge is -2.12. The van der Waals surface area contributed by atoms with E-state index in [0.29, 0.717) is 6.61 Å². The van der Waals surface area contributed by atoms with Crippen molar-refractivity contribution in [1.82, 2.24) is 4.90 Å². The Morgan fingerprint density at radius 2 is 1.81 bits per heavy atom. The van der Waals surface area contributed by atoms with Gasteiger partial charge in [0.05, 0.1) is 0 Å². The third kappa shape index (κ3) is 12.1. The summed E-state index contributed by atoms with van der Waals surface area (Å²) >= 11 is 5.83. The molecule has 0 atom stereocenters. The molecule has 1 fully saturated rings. The maximum atomic E-state index is 8.50. The Hall–Kier alpha value is -1.35. The predicted octanol–water partition coefficient (Wildman–Crippen LogP) is 6.06. The minimum Gasteiger partial charge on any atom is -0.396 e. The van der Waals surface area contributed by atoms with E-state index in [4.69, 9.17) is 16.7 Å². The Balaban J connectivity index is 0.000000484. The van der Waals surface area contributed by atoms with Gasteiger partial charge < -0.3 is 10.0 Å². The van der Waals surface area contributed by atoms with E-state index in [1.54, 1.807) is 0 Å². The Morgan fingerprint density at radius 1 is 1.19 bits per heavy atom. The summed E-state index contributed by atoms with van der Waals surface area (Å²) in [6, 6.07) is 7.92. The molecule has 3 heteroatoms. The minimum atomic E-state index is 0.344. The molecular weight excluding hydrogens is 342 g/mol. The van der Waals surface area contributed by atoms with Crippen molar-refractivity contribution in [1.29, 1.82) is 0 Å². The number of nitrogens with zero attached hydrogens (tertiary/aromatic N) is 1. The highest BCUT2D eigenvalue weighted by atomic mass is 35.5. The zero-order valence-electron chi connectivity index (χ0n) is 16.8. The second-order valence-electron chi connectivity index (χ2n) is 5.91. The number of hydrogen-bond donors (Lipinski definition) is 1. The molecule has 1 aromatic carbocycles. The normalized spacial score (nSPS) is 14.4. The summed E-state index contributed by atoms with van der Waals surface area (Å²) in [6.07, 6.45) is 12.5. The van der Waals surface area contributed by atoms with Crippen LogP contribution in [0.1, 0.15) is 45.6 Å². The third-order valence-electron chi connectivity index (χ3n) is 3.87. The average Bonchev–Trinajstić information content (AvgIpc) is 3.18. The maximum Gasteiger partial charge on any atom is 0.0443 e. The topological polar surface area (TPSA) is 23.5 Å². The van der Waals surface area contributed by atoms with E-state index in [1.807, 2.05) is 63.3 Å². The molecule has 146 valence electrons. The molecule has 1 aliphatic heterocycles. The van der Waals surface area contributed by atoms with Crippen molar-refractivity contribution in [2.24, 2.45) is 0 Å². The molecule has 0 bridgehead atoms. The Kier molecular flexibility index (Phi) is 16.2. The minimum absolute atomic E-state index is 0.344. The van der Waals surface area contributed by atoms with Crippen LogP contribution in [-0.2, 0) is 6.42 Å². The Bertz CT molecular complexity index is 514. The molecule has 1 aliphatic rings. The van der Waals surface area contributed by atoms with Crippen LogP contribution in [0.15, 0.2) is 60.7 Å². The molecule has 0 aliphatic carbocycles. The molecule has 0 amide bonds. The van der Waals surface area contributed by atoms with Crippen LogP contribution in [-0.4, -0.2) is 36.2 Å². The smallest absolute Gasteiger partial charge is 0.0443 e. The van der Waals surface area contributed by atoms with Crippen molar-refractivity contribution in [3.8, 4) is 0 Å². The van der Waals surface area contributed by atoms with Crippen LogP contribution >= 0.6 is 11.6 Å². The summed E-state index contributed by atoms with van der Waals surface area (Å²) in [7, 11) is 0.